The first-order chi connectivity index (χ1) is 30.5. The van der Waals surface area contributed by atoms with Crippen molar-refractivity contribution in [2.24, 2.45) is 0 Å². The van der Waals surface area contributed by atoms with Crippen molar-refractivity contribution in [3.05, 3.63) is 71.8 Å². The molecule has 8 atom stereocenters. The number of carbonyl (C=O) groups is 6. The standard InChI is InChI=1S/C50H58N2O12/c1-29(53)59-45-11-7-9-33-19-35(47(25-43(33)45)61-31(3)55)27-51(5)37-13-14-38(51)22-41(21-37)63-49(57)17-18-50(58)64-42-23-39-15-16-40(24-42)52(39,6)28-36-20-34-10-8-12-46(60-30(2)54)44(34)26-48(36)62-32(4)56/h7-12,19-20,25-26,37-42H,13-18,21-24,27-28H2,1-6H3/q+2/t37-,38+,39-,40+,41?,42?,51?,52?. The van der Waals surface area contributed by atoms with Crippen LogP contribution in [0.5, 0.6) is 23.0 Å². The summed E-state index contributed by atoms with van der Waals surface area (Å²) in [6.45, 7) is 6.65. The van der Waals surface area contributed by atoms with Gasteiger partial charge in [0.25, 0.3) is 0 Å². The molecule has 8 rings (SSSR count). The molecule has 4 saturated heterocycles. The normalized spacial score (nSPS) is 26.8. The number of hydrogen-bond donors (Lipinski definition) is 0. The van der Waals surface area contributed by atoms with Gasteiger partial charge >= 0.3 is 35.8 Å². The minimum absolute atomic E-state index is 0.0532. The molecule has 0 spiro atoms. The largest absolute Gasteiger partial charge is 0.462 e. The molecule has 4 aromatic rings. The summed E-state index contributed by atoms with van der Waals surface area (Å²) >= 11 is 0. The van der Waals surface area contributed by atoms with E-state index in [1.165, 1.54) is 27.7 Å². The number of rotatable bonds is 13. The molecule has 0 amide bonds. The van der Waals surface area contributed by atoms with E-state index in [4.69, 9.17) is 28.4 Å². The van der Waals surface area contributed by atoms with Crippen LogP contribution in [0.4, 0.5) is 0 Å². The van der Waals surface area contributed by atoms with E-state index >= 15 is 0 Å². The highest BCUT2D eigenvalue weighted by molar-refractivity contribution is 5.93. The molecule has 4 aliphatic rings. The van der Waals surface area contributed by atoms with Crippen molar-refractivity contribution in [1.82, 2.24) is 0 Å². The van der Waals surface area contributed by atoms with Crippen molar-refractivity contribution in [1.29, 1.82) is 0 Å². The summed E-state index contributed by atoms with van der Waals surface area (Å²) in [7, 11) is 4.44. The number of benzene rings is 4. The molecule has 0 N–H and O–H groups in total. The Hall–Kier alpha value is -5.86. The number of piperidine rings is 2. The lowest BCUT2D eigenvalue weighted by Crippen LogP contribution is -2.58. The molecule has 4 fully saturated rings. The summed E-state index contributed by atoms with van der Waals surface area (Å²) in [5.74, 6) is -0.900. The van der Waals surface area contributed by atoms with Crippen LogP contribution in [-0.2, 0) is 51.3 Å². The monoisotopic (exact) mass is 878 g/mol. The van der Waals surface area contributed by atoms with Gasteiger partial charge in [-0.25, -0.2) is 0 Å². The van der Waals surface area contributed by atoms with E-state index < -0.39 is 35.8 Å². The van der Waals surface area contributed by atoms with Crippen LogP contribution in [0, 0.1) is 0 Å². The van der Waals surface area contributed by atoms with Crippen LogP contribution in [0.2, 0.25) is 0 Å². The minimum Gasteiger partial charge on any atom is -0.462 e. The highest BCUT2D eigenvalue weighted by Gasteiger charge is 2.54. The van der Waals surface area contributed by atoms with Gasteiger partial charge in [0.1, 0.15) is 48.3 Å². The Morgan fingerprint density at radius 1 is 0.484 bits per heavy atom. The molecular formula is C50H58N2O12+2. The fourth-order valence-corrected chi connectivity index (χ4v) is 11.4. The molecule has 14 nitrogen and oxygen atoms in total. The predicted molar refractivity (Wildman–Crippen MR) is 234 cm³/mol. The predicted octanol–water partition coefficient (Wildman–Crippen LogP) is 7.54. The third-order valence-corrected chi connectivity index (χ3v) is 14.4. The van der Waals surface area contributed by atoms with E-state index in [0.717, 1.165) is 56.5 Å². The van der Waals surface area contributed by atoms with Gasteiger partial charge in [0.15, 0.2) is 0 Å². The Morgan fingerprint density at radius 3 is 1.14 bits per heavy atom. The Bertz CT molecular complexity index is 2330. The summed E-state index contributed by atoms with van der Waals surface area (Å²) < 4.78 is 35.8. The first-order valence-corrected chi connectivity index (χ1v) is 22.4. The van der Waals surface area contributed by atoms with Crippen LogP contribution in [0.25, 0.3) is 21.5 Å². The Kier molecular flexibility index (Phi) is 12.6. The Labute approximate surface area is 372 Å². The first kappa shape index (κ1) is 44.7. The van der Waals surface area contributed by atoms with Crippen molar-refractivity contribution in [3.8, 4) is 23.0 Å². The molecule has 0 aliphatic carbocycles. The second-order valence-electron chi connectivity index (χ2n) is 18.7. The lowest BCUT2D eigenvalue weighted by Gasteiger charge is -2.47. The number of fused-ring (bicyclic) bond motifs is 6. The van der Waals surface area contributed by atoms with Gasteiger partial charge in [0.05, 0.1) is 51.1 Å². The van der Waals surface area contributed by atoms with Gasteiger partial charge in [-0.15, -0.1) is 0 Å². The van der Waals surface area contributed by atoms with E-state index in [0.29, 0.717) is 72.5 Å². The highest BCUT2D eigenvalue weighted by atomic mass is 16.6. The molecule has 4 aliphatic heterocycles. The molecule has 4 bridgehead atoms. The molecule has 0 aromatic heterocycles. The Morgan fingerprint density at radius 2 is 0.812 bits per heavy atom. The van der Waals surface area contributed by atoms with E-state index in [9.17, 15) is 28.8 Å². The average molecular weight is 879 g/mol. The van der Waals surface area contributed by atoms with Crippen molar-refractivity contribution in [2.75, 3.05) is 14.1 Å². The minimum atomic E-state index is -0.441. The van der Waals surface area contributed by atoms with Crippen LogP contribution in [0.15, 0.2) is 60.7 Å². The lowest BCUT2D eigenvalue weighted by molar-refractivity contribution is -0.961. The maximum atomic E-state index is 13.2. The van der Waals surface area contributed by atoms with Gasteiger partial charge < -0.3 is 37.4 Å². The van der Waals surface area contributed by atoms with Crippen molar-refractivity contribution in [2.45, 2.75) is 141 Å². The van der Waals surface area contributed by atoms with Gasteiger partial charge in [-0.1, -0.05) is 24.3 Å². The van der Waals surface area contributed by atoms with E-state index in [1.54, 1.807) is 24.3 Å². The van der Waals surface area contributed by atoms with Crippen molar-refractivity contribution < 1.29 is 66.2 Å². The van der Waals surface area contributed by atoms with Crippen LogP contribution < -0.4 is 18.9 Å². The third kappa shape index (κ3) is 9.35. The third-order valence-electron chi connectivity index (χ3n) is 14.4. The molecule has 64 heavy (non-hydrogen) atoms. The van der Waals surface area contributed by atoms with Gasteiger partial charge in [-0.3, -0.25) is 28.8 Å². The quantitative estimate of drug-likeness (QED) is 0.0740. The van der Waals surface area contributed by atoms with E-state index in [-0.39, 0.29) is 49.2 Å². The molecule has 14 heteroatoms. The van der Waals surface area contributed by atoms with Crippen LogP contribution in [-0.4, -0.2) is 95.3 Å². The molecule has 4 aromatic carbocycles. The number of ether oxygens (including phenoxy) is 6. The van der Waals surface area contributed by atoms with E-state index in [1.807, 2.05) is 36.4 Å². The van der Waals surface area contributed by atoms with Gasteiger partial charge in [-0.2, -0.15) is 0 Å². The zero-order valence-corrected chi connectivity index (χ0v) is 37.5. The topological polar surface area (TPSA) is 158 Å². The molecule has 0 radical (unpaired) electrons. The average Bonchev–Trinajstić information content (AvgIpc) is 3.43. The fraction of sp³-hybridized carbons (Fsp3) is 0.480. The number of hydrogen-bond acceptors (Lipinski definition) is 12. The lowest BCUT2D eigenvalue weighted by atomic mass is 9.94. The number of quaternary nitrogens is 2. The van der Waals surface area contributed by atoms with Gasteiger partial charge in [0, 0.05) is 101 Å². The summed E-state index contributed by atoms with van der Waals surface area (Å²) in [6.07, 6.45) is 6.04. The second-order valence-corrected chi connectivity index (χ2v) is 18.7. The second kappa shape index (κ2) is 18.0. The van der Waals surface area contributed by atoms with Gasteiger partial charge in [0.2, 0.25) is 0 Å². The van der Waals surface area contributed by atoms with Crippen molar-refractivity contribution >= 4 is 57.4 Å². The summed E-state index contributed by atoms with van der Waals surface area (Å²) in [4.78, 5) is 74.4. The number of esters is 6. The SMILES string of the molecule is CC(=O)Oc1cc2c(OC(C)=O)cccc2cc1C[N+]1(C)[C@@H]2CC[C@H]1CC(OC(=O)CCC(=O)OC1C[C@H]3CC[C@@H](C1)[N+]3(C)Cc1cc3cccc(OC(C)=O)c3cc1OC(C)=O)C2. The van der Waals surface area contributed by atoms with E-state index in [2.05, 4.69) is 14.1 Å². The van der Waals surface area contributed by atoms with Crippen molar-refractivity contribution in [3.63, 3.8) is 0 Å². The van der Waals surface area contributed by atoms with Gasteiger partial charge in [-0.05, 0) is 47.2 Å². The number of nitrogens with zero attached hydrogens (tertiary/aromatic N) is 2. The van der Waals surface area contributed by atoms with Crippen LogP contribution >= 0.6 is 0 Å². The Balaban J connectivity index is 0.852. The maximum absolute atomic E-state index is 13.2. The summed E-state index contributed by atoms with van der Waals surface area (Å²) in [6, 6.07) is 19.4. The first-order valence-electron chi connectivity index (χ1n) is 22.4. The van der Waals surface area contributed by atoms with Crippen LogP contribution in [0.3, 0.4) is 0 Å². The summed E-state index contributed by atoms with van der Waals surface area (Å²) in [5.41, 5.74) is 1.75. The number of carbonyl (C=O) groups excluding carboxylic acids is 6. The molecule has 0 saturated carbocycles. The molecule has 4 unspecified atom stereocenters. The fourth-order valence-electron chi connectivity index (χ4n) is 11.4. The maximum Gasteiger partial charge on any atom is 0.308 e. The molecular weight excluding hydrogens is 821 g/mol. The molecule has 4 heterocycles. The zero-order valence-electron chi connectivity index (χ0n) is 37.5. The van der Waals surface area contributed by atoms with Crippen LogP contribution in [0.1, 0.15) is 103 Å². The molecule has 338 valence electrons. The highest BCUT2D eigenvalue weighted by Crippen LogP contribution is 2.47. The zero-order chi connectivity index (χ0) is 45.5. The summed E-state index contributed by atoms with van der Waals surface area (Å²) in [5, 5.41) is 3.09. The smallest absolute Gasteiger partial charge is 0.308 e.